The zero-order chi connectivity index (χ0) is 15.2. The van der Waals surface area contributed by atoms with Crippen molar-refractivity contribution < 1.29 is 14.7 Å². The molecule has 1 aliphatic carbocycles. The van der Waals surface area contributed by atoms with Crippen LogP contribution in [0.5, 0.6) is 0 Å². The number of carboxylic acid groups (broad SMARTS) is 1. The molecule has 1 atom stereocenters. The van der Waals surface area contributed by atoms with Crippen LogP contribution in [-0.4, -0.2) is 35.1 Å². The summed E-state index contributed by atoms with van der Waals surface area (Å²) in [7, 11) is 0. The molecule has 1 saturated carbocycles. The van der Waals surface area contributed by atoms with Crippen LogP contribution in [0.25, 0.3) is 0 Å². The molecule has 1 unspecified atom stereocenters. The Kier molecular flexibility index (Phi) is 6.46. The summed E-state index contributed by atoms with van der Waals surface area (Å²) in [4.78, 5) is 23.2. The van der Waals surface area contributed by atoms with Gasteiger partial charge in [0.15, 0.2) is 0 Å². The Hall–Kier alpha value is -1.10. The summed E-state index contributed by atoms with van der Waals surface area (Å²) in [5.74, 6) is -1.01. The summed E-state index contributed by atoms with van der Waals surface area (Å²) in [6.45, 7) is 6.67. The number of aliphatic carboxylic acids is 1. The summed E-state index contributed by atoms with van der Waals surface area (Å²) in [6, 6.07) is -0.725. The molecule has 0 spiro atoms. The van der Waals surface area contributed by atoms with Crippen molar-refractivity contribution in [3.05, 3.63) is 0 Å². The first kappa shape index (κ1) is 17.0. The van der Waals surface area contributed by atoms with E-state index in [-0.39, 0.29) is 17.4 Å². The van der Waals surface area contributed by atoms with Crippen molar-refractivity contribution in [2.75, 3.05) is 6.54 Å². The maximum Gasteiger partial charge on any atom is 0.326 e. The van der Waals surface area contributed by atoms with Gasteiger partial charge in [-0.05, 0) is 39.5 Å². The van der Waals surface area contributed by atoms with E-state index in [0.717, 1.165) is 25.7 Å². The first-order valence-corrected chi connectivity index (χ1v) is 7.57. The Bertz CT molecular complexity index is 331. The third-order valence-electron chi connectivity index (χ3n) is 3.71. The third kappa shape index (κ3) is 6.37. The van der Waals surface area contributed by atoms with Crippen LogP contribution in [0.1, 0.15) is 59.3 Å². The molecule has 116 valence electrons. The van der Waals surface area contributed by atoms with Gasteiger partial charge in [-0.2, -0.15) is 0 Å². The smallest absolute Gasteiger partial charge is 0.326 e. The molecule has 1 amide bonds. The van der Waals surface area contributed by atoms with E-state index in [9.17, 15) is 14.7 Å². The molecule has 1 rings (SSSR count). The van der Waals surface area contributed by atoms with Gasteiger partial charge in [-0.15, -0.1) is 0 Å². The summed E-state index contributed by atoms with van der Waals surface area (Å²) < 4.78 is 0. The van der Waals surface area contributed by atoms with Crippen LogP contribution in [0.4, 0.5) is 0 Å². The zero-order valence-electron chi connectivity index (χ0n) is 12.9. The highest BCUT2D eigenvalue weighted by atomic mass is 16.4. The Balaban J connectivity index is 2.41. The first-order valence-electron chi connectivity index (χ1n) is 7.57. The minimum absolute atomic E-state index is 0.0319. The van der Waals surface area contributed by atoms with E-state index in [2.05, 4.69) is 10.6 Å². The molecule has 3 N–H and O–H groups in total. The van der Waals surface area contributed by atoms with Crippen LogP contribution in [-0.2, 0) is 9.59 Å². The molecule has 5 heteroatoms. The van der Waals surface area contributed by atoms with Crippen LogP contribution >= 0.6 is 0 Å². The predicted octanol–water partition coefficient (Wildman–Crippen LogP) is 1.91. The molecule has 1 aliphatic rings. The average Bonchev–Trinajstić information content (AvgIpc) is 2.35. The second-order valence-electron chi connectivity index (χ2n) is 6.71. The topological polar surface area (TPSA) is 78.4 Å². The van der Waals surface area contributed by atoms with Crippen molar-refractivity contribution >= 4 is 11.9 Å². The Morgan fingerprint density at radius 1 is 1.20 bits per heavy atom. The molecule has 5 nitrogen and oxygen atoms in total. The van der Waals surface area contributed by atoms with Gasteiger partial charge in [0.1, 0.15) is 6.04 Å². The fourth-order valence-electron chi connectivity index (χ4n) is 2.65. The summed E-state index contributed by atoms with van der Waals surface area (Å²) >= 11 is 0. The molecule has 0 aromatic heterocycles. The predicted molar refractivity (Wildman–Crippen MR) is 78.5 cm³/mol. The molecule has 20 heavy (non-hydrogen) atoms. The highest BCUT2D eigenvalue weighted by molar-refractivity contribution is 5.83. The second kappa shape index (κ2) is 7.62. The number of rotatable bonds is 6. The monoisotopic (exact) mass is 284 g/mol. The van der Waals surface area contributed by atoms with Gasteiger partial charge in [0.05, 0.1) is 0 Å². The molecule has 0 radical (unpaired) electrons. The Morgan fingerprint density at radius 2 is 1.80 bits per heavy atom. The fourth-order valence-corrected chi connectivity index (χ4v) is 2.65. The lowest BCUT2D eigenvalue weighted by atomic mass is 9.84. The van der Waals surface area contributed by atoms with Gasteiger partial charge < -0.3 is 15.7 Å². The van der Waals surface area contributed by atoms with Gasteiger partial charge in [-0.25, -0.2) is 4.79 Å². The second-order valence-corrected chi connectivity index (χ2v) is 6.71. The maximum absolute atomic E-state index is 11.9. The maximum atomic E-state index is 11.9. The summed E-state index contributed by atoms with van der Waals surface area (Å²) in [6.07, 6.45) is 5.42. The number of amides is 1. The van der Waals surface area contributed by atoms with E-state index in [4.69, 9.17) is 0 Å². The van der Waals surface area contributed by atoms with Crippen molar-refractivity contribution in [2.24, 2.45) is 5.92 Å². The quantitative estimate of drug-likeness (QED) is 0.696. The lowest BCUT2D eigenvalue weighted by molar-refractivity contribution is -0.143. The van der Waals surface area contributed by atoms with Crippen LogP contribution in [0.3, 0.4) is 0 Å². The fraction of sp³-hybridized carbons (Fsp3) is 0.867. The van der Waals surface area contributed by atoms with E-state index < -0.39 is 12.0 Å². The van der Waals surface area contributed by atoms with Crippen LogP contribution in [0.2, 0.25) is 0 Å². The van der Waals surface area contributed by atoms with Crippen molar-refractivity contribution in [2.45, 2.75) is 70.9 Å². The van der Waals surface area contributed by atoms with Crippen LogP contribution in [0, 0.1) is 5.92 Å². The largest absolute Gasteiger partial charge is 0.480 e. The SMILES string of the molecule is CC(C)(C)NCCC(=O)NC(C(=O)O)C1CCCCC1. The molecule has 0 aromatic carbocycles. The molecule has 0 aromatic rings. The highest BCUT2D eigenvalue weighted by Gasteiger charge is 2.30. The minimum atomic E-state index is -0.908. The van der Waals surface area contributed by atoms with Crippen molar-refractivity contribution in [3.63, 3.8) is 0 Å². The van der Waals surface area contributed by atoms with Gasteiger partial charge in [0.2, 0.25) is 5.91 Å². The highest BCUT2D eigenvalue weighted by Crippen LogP contribution is 2.26. The molecule has 0 bridgehead atoms. The number of carbonyl (C=O) groups excluding carboxylic acids is 1. The van der Waals surface area contributed by atoms with E-state index in [1.807, 2.05) is 20.8 Å². The van der Waals surface area contributed by atoms with Gasteiger partial charge in [0, 0.05) is 18.5 Å². The first-order chi connectivity index (χ1) is 9.29. The standard InChI is InChI=1S/C15H28N2O3/c1-15(2,3)16-10-9-12(18)17-13(14(19)20)11-7-5-4-6-8-11/h11,13,16H,4-10H2,1-3H3,(H,17,18)(H,19,20). The summed E-state index contributed by atoms with van der Waals surface area (Å²) in [5.41, 5.74) is -0.0319. The third-order valence-corrected chi connectivity index (χ3v) is 3.71. The van der Waals surface area contributed by atoms with E-state index in [1.54, 1.807) is 0 Å². The zero-order valence-corrected chi connectivity index (χ0v) is 12.9. The van der Waals surface area contributed by atoms with Crippen molar-refractivity contribution in [1.29, 1.82) is 0 Å². The number of nitrogens with one attached hydrogen (secondary N) is 2. The van der Waals surface area contributed by atoms with Crippen LogP contribution < -0.4 is 10.6 Å². The Labute approximate surface area is 121 Å². The minimum Gasteiger partial charge on any atom is -0.480 e. The molecular formula is C15H28N2O3. The molecule has 0 heterocycles. The normalized spacial score (nSPS) is 18.6. The molecule has 0 aliphatic heterocycles. The number of hydrogen-bond donors (Lipinski definition) is 3. The Morgan fingerprint density at radius 3 is 2.30 bits per heavy atom. The lowest BCUT2D eigenvalue weighted by Gasteiger charge is -2.28. The molecule has 0 saturated heterocycles. The number of carboxylic acids is 1. The van der Waals surface area contributed by atoms with E-state index in [0.29, 0.717) is 13.0 Å². The van der Waals surface area contributed by atoms with Gasteiger partial charge in [-0.1, -0.05) is 19.3 Å². The van der Waals surface area contributed by atoms with Crippen LogP contribution in [0.15, 0.2) is 0 Å². The van der Waals surface area contributed by atoms with Gasteiger partial charge in [-0.3, -0.25) is 4.79 Å². The number of hydrogen-bond acceptors (Lipinski definition) is 3. The number of carbonyl (C=O) groups is 2. The summed E-state index contributed by atoms with van der Waals surface area (Å²) in [5, 5.41) is 15.2. The van der Waals surface area contributed by atoms with Crippen molar-refractivity contribution in [1.82, 2.24) is 10.6 Å². The van der Waals surface area contributed by atoms with Gasteiger partial charge in [0.25, 0.3) is 0 Å². The average molecular weight is 284 g/mol. The van der Waals surface area contributed by atoms with E-state index in [1.165, 1.54) is 6.42 Å². The van der Waals surface area contributed by atoms with E-state index >= 15 is 0 Å². The molecule has 1 fully saturated rings. The lowest BCUT2D eigenvalue weighted by Crippen LogP contribution is -2.47. The van der Waals surface area contributed by atoms with Crippen molar-refractivity contribution in [3.8, 4) is 0 Å². The van der Waals surface area contributed by atoms with Gasteiger partial charge >= 0.3 is 5.97 Å². The molecular weight excluding hydrogens is 256 g/mol.